The van der Waals surface area contributed by atoms with Crippen molar-refractivity contribution in [3.63, 3.8) is 0 Å². The molecule has 78 valence electrons. The number of rotatable bonds is 2. The van der Waals surface area contributed by atoms with Crippen LogP contribution in [0.5, 0.6) is 0 Å². The molecule has 14 heavy (non-hydrogen) atoms. The third-order valence-corrected chi connectivity index (χ3v) is 6.72. The van der Waals surface area contributed by atoms with E-state index in [1.807, 2.05) is 0 Å². The van der Waals surface area contributed by atoms with Gasteiger partial charge in [0.05, 0.1) is 0 Å². The summed E-state index contributed by atoms with van der Waals surface area (Å²) in [7, 11) is 0. The van der Waals surface area contributed by atoms with E-state index in [0.717, 1.165) is 17.3 Å². The summed E-state index contributed by atoms with van der Waals surface area (Å²) >= 11 is 0. The molecule has 1 spiro atoms. The summed E-state index contributed by atoms with van der Waals surface area (Å²) in [5.74, 6) is 7.05. The van der Waals surface area contributed by atoms with Crippen LogP contribution in [0.4, 0.5) is 0 Å². The highest BCUT2D eigenvalue weighted by atomic mass is 14.9. The van der Waals surface area contributed by atoms with Crippen molar-refractivity contribution in [2.24, 2.45) is 40.9 Å². The molecule has 4 fully saturated rings. The highest BCUT2D eigenvalue weighted by Gasteiger charge is 2.82. The molecule has 4 saturated carbocycles. The smallest absolute Gasteiger partial charge is 0.0199 e. The molecule has 0 aliphatic heterocycles. The van der Waals surface area contributed by atoms with E-state index in [4.69, 9.17) is 0 Å². The van der Waals surface area contributed by atoms with Crippen LogP contribution in [-0.2, 0) is 0 Å². The fourth-order valence-electron chi connectivity index (χ4n) is 5.55. The predicted octanol–water partition coefficient (Wildman–Crippen LogP) is 3.71. The van der Waals surface area contributed by atoms with Gasteiger partial charge in [0.2, 0.25) is 0 Å². The average Bonchev–Trinajstić information content (AvgIpc) is 2.61. The Bertz CT molecular complexity index is 282. The molecule has 0 nitrogen and oxygen atoms in total. The van der Waals surface area contributed by atoms with E-state index >= 15 is 0 Å². The molecular weight excluding hydrogens is 168 g/mol. The molecule has 0 heterocycles. The normalized spacial score (nSPS) is 64.3. The molecule has 0 radical (unpaired) electrons. The average molecular weight is 190 g/mol. The minimum Gasteiger partial charge on any atom is -0.0651 e. The Labute approximate surface area is 87.5 Å². The lowest BCUT2D eigenvalue weighted by Gasteiger charge is -2.55. The molecule has 0 aromatic rings. The lowest BCUT2D eigenvalue weighted by Crippen LogP contribution is -2.47. The van der Waals surface area contributed by atoms with Gasteiger partial charge in [0.25, 0.3) is 0 Å². The van der Waals surface area contributed by atoms with Gasteiger partial charge >= 0.3 is 0 Å². The second-order valence-corrected chi connectivity index (χ2v) is 6.68. The van der Waals surface area contributed by atoms with Crippen LogP contribution < -0.4 is 0 Å². The summed E-state index contributed by atoms with van der Waals surface area (Å²) in [4.78, 5) is 0. The number of hydrogen-bond acceptors (Lipinski definition) is 0. The van der Waals surface area contributed by atoms with Gasteiger partial charge in [0.15, 0.2) is 0 Å². The maximum absolute atomic E-state index is 2.49. The molecule has 4 aliphatic carbocycles. The molecule has 0 heteroatoms. The fraction of sp³-hybridized carbons (Fsp3) is 1.00. The summed E-state index contributed by atoms with van der Waals surface area (Å²) in [5.41, 5.74) is 0.969. The van der Waals surface area contributed by atoms with Gasteiger partial charge in [-0.1, -0.05) is 20.3 Å². The van der Waals surface area contributed by atoms with Crippen LogP contribution in [0.25, 0.3) is 0 Å². The lowest BCUT2D eigenvalue weighted by molar-refractivity contribution is -0.0594. The van der Waals surface area contributed by atoms with E-state index in [1.165, 1.54) is 30.1 Å². The summed E-state index contributed by atoms with van der Waals surface area (Å²) in [5, 5.41) is 0. The molecule has 7 atom stereocenters. The van der Waals surface area contributed by atoms with E-state index in [9.17, 15) is 0 Å². The maximum Gasteiger partial charge on any atom is -0.0199 e. The van der Waals surface area contributed by atoms with Crippen molar-refractivity contribution in [2.75, 3.05) is 0 Å². The SMILES string of the molecule is CCC(C)C1CC2C1C21CC2CCC21. The van der Waals surface area contributed by atoms with Crippen molar-refractivity contribution in [1.82, 2.24) is 0 Å². The first kappa shape index (κ1) is 8.19. The van der Waals surface area contributed by atoms with Crippen molar-refractivity contribution in [3.05, 3.63) is 0 Å². The molecule has 7 unspecified atom stereocenters. The van der Waals surface area contributed by atoms with Gasteiger partial charge in [-0.05, 0) is 66.6 Å². The first-order valence-corrected chi connectivity index (χ1v) is 6.79. The van der Waals surface area contributed by atoms with Crippen molar-refractivity contribution in [2.45, 2.75) is 46.0 Å². The minimum atomic E-state index is 0.969. The van der Waals surface area contributed by atoms with Crippen LogP contribution in [0, 0.1) is 40.9 Å². The lowest BCUT2D eigenvalue weighted by atomic mass is 9.50. The highest BCUT2D eigenvalue weighted by Crippen LogP contribution is 2.88. The van der Waals surface area contributed by atoms with Gasteiger partial charge in [-0.2, -0.15) is 0 Å². The first-order valence-electron chi connectivity index (χ1n) is 6.79. The predicted molar refractivity (Wildman–Crippen MR) is 57.8 cm³/mol. The zero-order valence-electron chi connectivity index (χ0n) is 9.50. The van der Waals surface area contributed by atoms with Gasteiger partial charge in [-0.15, -0.1) is 0 Å². The van der Waals surface area contributed by atoms with Crippen molar-refractivity contribution >= 4 is 0 Å². The second-order valence-electron chi connectivity index (χ2n) is 6.68. The Balaban J connectivity index is 1.50. The van der Waals surface area contributed by atoms with Crippen molar-refractivity contribution < 1.29 is 0 Å². The third-order valence-electron chi connectivity index (χ3n) is 6.72. The van der Waals surface area contributed by atoms with Gasteiger partial charge in [0.1, 0.15) is 0 Å². The van der Waals surface area contributed by atoms with Gasteiger partial charge < -0.3 is 0 Å². The Kier molecular flexibility index (Phi) is 1.30. The van der Waals surface area contributed by atoms with E-state index < -0.39 is 0 Å². The number of fused-ring (bicyclic) bond motifs is 5. The molecule has 4 rings (SSSR count). The Morgan fingerprint density at radius 1 is 1.29 bits per heavy atom. The Morgan fingerprint density at radius 2 is 2.14 bits per heavy atom. The monoisotopic (exact) mass is 190 g/mol. The topological polar surface area (TPSA) is 0 Å². The van der Waals surface area contributed by atoms with Crippen LogP contribution in [0.2, 0.25) is 0 Å². The van der Waals surface area contributed by atoms with Crippen molar-refractivity contribution in [1.29, 1.82) is 0 Å². The molecular formula is C14H22. The van der Waals surface area contributed by atoms with Gasteiger partial charge in [-0.3, -0.25) is 0 Å². The summed E-state index contributed by atoms with van der Waals surface area (Å²) in [6.45, 7) is 4.86. The molecule has 0 N–H and O–H groups in total. The summed E-state index contributed by atoms with van der Waals surface area (Å²) < 4.78 is 0. The zero-order valence-corrected chi connectivity index (χ0v) is 9.50. The standard InChI is InChI=1S/C14H22/c1-3-8(2)10-6-12-13(10)14(12)7-9-4-5-11(9)14/h8-13H,3-7H2,1-2H3. The van der Waals surface area contributed by atoms with E-state index in [0.29, 0.717) is 0 Å². The molecule has 0 saturated heterocycles. The quantitative estimate of drug-likeness (QED) is 0.622. The van der Waals surface area contributed by atoms with E-state index in [2.05, 4.69) is 13.8 Å². The maximum atomic E-state index is 2.49. The fourth-order valence-corrected chi connectivity index (χ4v) is 5.55. The molecule has 0 amide bonds. The molecule has 4 aliphatic rings. The second kappa shape index (κ2) is 2.23. The van der Waals surface area contributed by atoms with Crippen LogP contribution >= 0.6 is 0 Å². The van der Waals surface area contributed by atoms with Crippen LogP contribution in [0.1, 0.15) is 46.0 Å². The van der Waals surface area contributed by atoms with E-state index in [1.54, 1.807) is 25.7 Å². The minimum absolute atomic E-state index is 0.969. The van der Waals surface area contributed by atoms with E-state index in [-0.39, 0.29) is 0 Å². The summed E-state index contributed by atoms with van der Waals surface area (Å²) in [6, 6.07) is 0. The Morgan fingerprint density at radius 3 is 2.64 bits per heavy atom. The van der Waals surface area contributed by atoms with Crippen LogP contribution in [-0.4, -0.2) is 0 Å². The van der Waals surface area contributed by atoms with Gasteiger partial charge in [0, 0.05) is 0 Å². The third kappa shape index (κ3) is 0.630. The molecule has 0 bridgehead atoms. The molecule has 0 aromatic heterocycles. The van der Waals surface area contributed by atoms with Crippen molar-refractivity contribution in [3.8, 4) is 0 Å². The first-order chi connectivity index (χ1) is 6.79. The van der Waals surface area contributed by atoms with Crippen LogP contribution in [0.15, 0.2) is 0 Å². The Hall–Kier alpha value is 0. The summed E-state index contributed by atoms with van der Waals surface area (Å²) in [6.07, 6.45) is 7.87. The largest absolute Gasteiger partial charge is 0.0651 e. The van der Waals surface area contributed by atoms with Gasteiger partial charge in [-0.25, -0.2) is 0 Å². The number of hydrogen-bond donors (Lipinski definition) is 0. The highest BCUT2D eigenvalue weighted by molar-refractivity contribution is 5.29. The van der Waals surface area contributed by atoms with Crippen LogP contribution in [0.3, 0.4) is 0 Å². The molecule has 0 aromatic carbocycles. The zero-order chi connectivity index (χ0) is 9.50.